The minimum atomic E-state index is 0.396. The predicted molar refractivity (Wildman–Crippen MR) is 73.9 cm³/mol. The number of nitrogens with two attached hydrogens (primary N) is 1. The van der Waals surface area contributed by atoms with E-state index in [4.69, 9.17) is 10.5 Å². The van der Waals surface area contributed by atoms with Gasteiger partial charge in [0.05, 0.1) is 6.10 Å². The Kier molecular flexibility index (Phi) is 3.41. The molecule has 0 bridgehead atoms. The fourth-order valence-electron chi connectivity index (χ4n) is 2.84. The lowest BCUT2D eigenvalue weighted by Gasteiger charge is -2.33. The van der Waals surface area contributed by atoms with Gasteiger partial charge in [-0.05, 0) is 62.8 Å². The SMILES string of the molecule is NC1CC(Nc2ccc(OC3CCCC3)cc2)C1. The van der Waals surface area contributed by atoms with Gasteiger partial charge in [0.15, 0.2) is 0 Å². The number of nitrogens with one attached hydrogen (secondary N) is 1. The minimum Gasteiger partial charge on any atom is -0.490 e. The van der Waals surface area contributed by atoms with Crippen LogP contribution in [0.4, 0.5) is 5.69 Å². The first-order chi connectivity index (χ1) is 8.79. The number of hydrogen-bond acceptors (Lipinski definition) is 3. The van der Waals surface area contributed by atoms with E-state index in [0.717, 1.165) is 18.6 Å². The van der Waals surface area contributed by atoms with Crippen LogP contribution in [0.2, 0.25) is 0 Å². The van der Waals surface area contributed by atoms with E-state index in [1.165, 1.54) is 31.4 Å². The van der Waals surface area contributed by atoms with Crippen LogP contribution >= 0.6 is 0 Å². The fourth-order valence-corrected chi connectivity index (χ4v) is 2.84. The van der Waals surface area contributed by atoms with Crippen molar-refractivity contribution in [1.82, 2.24) is 0 Å². The average Bonchev–Trinajstić information content (AvgIpc) is 2.82. The van der Waals surface area contributed by atoms with E-state index < -0.39 is 0 Å². The molecule has 0 aliphatic heterocycles. The first kappa shape index (κ1) is 11.8. The summed E-state index contributed by atoms with van der Waals surface area (Å²) in [6.07, 6.45) is 7.65. The standard InChI is InChI=1S/C15H22N2O/c16-11-9-13(10-11)17-12-5-7-15(8-6-12)18-14-3-1-2-4-14/h5-8,11,13-14,17H,1-4,9-10,16H2. The number of anilines is 1. The van der Waals surface area contributed by atoms with Crippen molar-refractivity contribution in [3.8, 4) is 5.75 Å². The van der Waals surface area contributed by atoms with E-state index in [1.807, 2.05) is 0 Å². The Morgan fingerprint density at radius 2 is 1.72 bits per heavy atom. The quantitative estimate of drug-likeness (QED) is 0.858. The maximum atomic E-state index is 5.94. The van der Waals surface area contributed by atoms with E-state index in [2.05, 4.69) is 29.6 Å². The summed E-state index contributed by atoms with van der Waals surface area (Å²) < 4.78 is 5.94. The van der Waals surface area contributed by atoms with Gasteiger partial charge in [0.2, 0.25) is 0 Å². The van der Waals surface area contributed by atoms with Crippen LogP contribution in [-0.4, -0.2) is 18.2 Å². The second kappa shape index (κ2) is 5.19. The first-order valence-corrected chi connectivity index (χ1v) is 7.08. The monoisotopic (exact) mass is 246 g/mol. The van der Waals surface area contributed by atoms with Crippen molar-refractivity contribution < 1.29 is 4.74 Å². The highest BCUT2D eigenvalue weighted by atomic mass is 16.5. The lowest BCUT2D eigenvalue weighted by atomic mass is 9.87. The molecular weight excluding hydrogens is 224 g/mol. The molecule has 3 heteroatoms. The van der Waals surface area contributed by atoms with Gasteiger partial charge in [0.1, 0.15) is 5.75 Å². The second-order valence-electron chi connectivity index (χ2n) is 5.62. The van der Waals surface area contributed by atoms with Crippen molar-refractivity contribution in [3.05, 3.63) is 24.3 Å². The highest BCUT2D eigenvalue weighted by molar-refractivity contribution is 5.47. The summed E-state index contributed by atoms with van der Waals surface area (Å²) in [6.45, 7) is 0. The Balaban J connectivity index is 1.52. The Hall–Kier alpha value is -1.22. The molecule has 98 valence electrons. The summed E-state index contributed by atoms with van der Waals surface area (Å²) in [6, 6.07) is 9.30. The normalized spacial score (nSPS) is 27.8. The van der Waals surface area contributed by atoms with Crippen LogP contribution in [-0.2, 0) is 0 Å². The third-order valence-electron chi connectivity index (χ3n) is 4.00. The highest BCUT2D eigenvalue weighted by Crippen LogP contribution is 2.26. The first-order valence-electron chi connectivity index (χ1n) is 7.08. The lowest BCUT2D eigenvalue weighted by Crippen LogP contribution is -2.44. The van der Waals surface area contributed by atoms with Gasteiger partial charge in [0.25, 0.3) is 0 Å². The van der Waals surface area contributed by atoms with Gasteiger partial charge in [-0.1, -0.05) is 0 Å². The van der Waals surface area contributed by atoms with Gasteiger partial charge in [0, 0.05) is 17.8 Å². The van der Waals surface area contributed by atoms with Crippen LogP contribution in [0.3, 0.4) is 0 Å². The Labute approximate surface area is 109 Å². The molecule has 2 saturated carbocycles. The van der Waals surface area contributed by atoms with Crippen LogP contribution in [0.25, 0.3) is 0 Å². The van der Waals surface area contributed by atoms with Crippen molar-refractivity contribution in [2.75, 3.05) is 5.32 Å². The average molecular weight is 246 g/mol. The molecule has 0 unspecified atom stereocenters. The molecule has 2 aliphatic rings. The molecule has 0 atom stereocenters. The summed E-state index contributed by atoms with van der Waals surface area (Å²) >= 11 is 0. The van der Waals surface area contributed by atoms with Gasteiger partial charge in [-0.2, -0.15) is 0 Å². The molecule has 2 aliphatic carbocycles. The molecule has 0 saturated heterocycles. The van der Waals surface area contributed by atoms with Gasteiger partial charge in [-0.15, -0.1) is 0 Å². The molecule has 18 heavy (non-hydrogen) atoms. The second-order valence-corrected chi connectivity index (χ2v) is 5.62. The van der Waals surface area contributed by atoms with Gasteiger partial charge in [-0.25, -0.2) is 0 Å². The van der Waals surface area contributed by atoms with Crippen molar-refractivity contribution >= 4 is 5.69 Å². The molecule has 0 spiro atoms. The maximum absolute atomic E-state index is 5.94. The fraction of sp³-hybridized carbons (Fsp3) is 0.600. The summed E-state index contributed by atoms with van der Waals surface area (Å²) in [5, 5.41) is 3.49. The van der Waals surface area contributed by atoms with E-state index in [1.54, 1.807) is 0 Å². The smallest absolute Gasteiger partial charge is 0.119 e. The van der Waals surface area contributed by atoms with E-state index >= 15 is 0 Å². The molecule has 1 aromatic carbocycles. The molecule has 0 aromatic heterocycles. The van der Waals surface area contributed by atoms with Gasteiger partial charge >= 0.3 is 0 Å². The third-order valence-corrected chi connectivity index (χ3v) is 4.00. The number of hydrogen-bond donors (Lipinski definition) is 2. The van der Waals surface area contributed by atoms with Crippen molar-refractivity contribution in [2.24, 2.45) is 5.73 Å². The topological polar surface area (TPSA) is 47.3 Å². The van der Waals surface area contributed by atoms with Gasteiger partial charge in [-0.3, -0.25) is 0 Å². The van der Waals surface area contributed by atoms with Gasteiger partial charge < -0.3 is 15.8 Å². The highest BCUT2D eigenvalue weighted by Gasteiger charge is 2.25. The van der Waals surface area contributed by atoms with Crippen LogP contribution in [0.15, 0.2) is 24.3 Å². The van der Waals surface area contributed by atoms with Crippen LogP contribution < -0.4 is 15.8 Å². The molecular formula is C15H22N2O. The number of rotatable bonds is 4. The molecule has 0 heterocycles. The largest absolute Gasteiger partial charge is 0.490 e. The Morgan fingerprint density at radius 1 is 1.06 bits per heavy atom. The van der Waals surface area contributed by atoms with Crippen LogP contribution in [0, 0.1) is 0 Å². The van der Waals surface area contributed by atoms with Crippen LogP contribution in [0.1, 0.15) is 38.5 Å². The van der Waals surface area contributed by atoms with Crippen LogP contribution in [0.5, 0.6) is 5.75 Å². The van der Waals surface area contributed by atoms with E-state index in [9.17, 15) is 0 Å². The third kappa shape index (κ3) is 2.78. The lowest BCUT2D eigenvalue weighted by molar-refractivity contribution is 0.210. The van der Waals surface area contributed by atoms with Crippen molar-refractivity contribution in [1.29, 1.82) is 0 Å². The predicted octanol–water partition coefficient (Wildman–Crippen LogP) is 2.91. The Bertz CT molecular complexity index is 378. The molecule has 3 nitrogen and oxygen atoms in total. The summed E-state index contributed by atoms with van der Waals surface area (Å²) in [7, 11) is 0. The summed E-state index contributed by atoms with van der Waals surface area (Å²) in [4.78, 5) is 0. The number of benzene rings is 1. The van der Waals surface area contributed by atoms with E-state index in [-0.39, 0.29) is 0 Å². The zero-order chi connectivity index (χ0) is 12.4. The molecule has 0 radical (unpaired) electrons. The van der Waals surface area contributed by atoms with Crippen molar-refractivity contribution in [2.45, 2.75) is 56.7 Å². The number of ether oxygens (including phenoxy) is 1. The molecule has 0 amide bonds. The molecule has 3 rings (SSSR count). The zero-order valence-corrected chi connectivity index (χ0v) is 10.8. The zero-order valence-electron chi connectivity index (χ0n) is 10.8. The summed E-state index contributed by atoms with van der Waals surface area (Å²) in [5.74, 6) is 0.998. The van der Waals surface area contributed by atoms with Crippen molar-refractivity contribution in [3.63, 3.8) is 0 Å². The molecule has 1 aromatic rings. The molecule has 3 N–H and O–H groups in total. The Morgan fingerprint density at radius 3 is 2.33 bits per heavy atom. The summed E-state index contributed by atoms with van der Waals surface area (Å²) in [5.41, 5.74) is 6.95. The maximum Gasteiger partial charge on any atom is 0.119 e. The molecule has 2 fully saturated rings. The minimum absolute atomic E-state index is 0.396. The van der Waals surface area contributed by atoms with E-state index in [0.29, 0.717) is 18.2 Å².